The Hall–Kier alpha value is -4.78. The highest BCUT2D eigenvalue weighted by Gasteiger charge is 2.29. The first kappa shape index (κ1) is 34.1. The van der Waals surface area contributed by atoms with Crippen molar-refractivity contribution in [2.45, 2.75) is 50.6 Å². The molecule has 2 heterocycles. The summed E-state index contributed by atoms with van der Waals surface area (Å²) in [6.07, 6.45) is -0.351. The monoisotopic (exact) mass is 631 g/mol. The largest absolute Gasteiger partial charge is 0.453 e. The van der Waals surface area contributed by atoms with Crippen LogP contribution >= 0.6 is 0 Å². The minimum absolute atomic E-state index is 0.0841. The van der Waals surface area contributed by atoms with Gasteiger partial charge in [-0.3, -0.25) is 15.2 Å². The molecule has 4 unspecified atom stereocenters. The number of pyridine rings is 1. The van der Waals surface area contributed by atoms with Crippen molar-refractivity contribution in [2.24, 2.45) is 0 Å². The number of hydrazine groups is 1. The second-order valence-electron chi connectivity index (χ2n) is 11.1. The van der Waals surface area contributed by atoms with Crippen LogP contribution in [0.4, 0.5) is 9.59 Å². The number of benzene rings is 2. The number of ether oxygens (including phenoxy) is 3. The number of alkyl carbamates (subject to hydrolysis) is 2. The van der Waals surface area contributed by atoms with Gasteiger partial charge in [0.1, 0.15) is 12.1 Å². The van der Waals surface area contributed by atoms with E-state index in [0.29, 0.717) is 31.6 Å². The Balaban J connectivity index is 1.54. The van der Waals surface area contributed by atoms with Crippen molar-refractivity contribution in [1.29, 1.82) is 0 Å². The lowest BCUT2D eigenvalue weighted by molar-refractivity contribution is -0.128. The number of nitrogens with one attached hydrogen (secondary N) is 3. The number of methoxy groups -OCH3 is 1. The average Bonchev–Trinajstić information content (AvgIpc) is 3.57. The van der Waals surface area contributed by atoms with Gasteiger partial charge in [-0.2, -0.15) is 0 Å². The zero-order valence-corrected chi connectivity index (χ0v) is 26.1. The van der Waals surface area contributed by atoms with E-state index in [4.69, 9.17) is 9.47 Å². The molecular formula is C34H41N5O7. The molecule has 0 aliphatic carbocycles. The number of rotatable bonds is 14. The lowest BCUT2D eigenvalue weighted by atomic mass is 10.0. The molecule has 3 amide bonds. The highest BCUT2D eigenvalue weighted by molar-refractivity contribution is 5.88. The normalized spacial score (nSPS) is 16.1. The highest BCUT2D eigenvalue weighted by atomic mass is 16.6. The van der Waals surface area contributed by atoms with Crippen LogP contribution < -0.4 is 16.1 Å². The molecule has 4 N–H and O–H groups in total. The van der Waals surface area contributed by atoms with Crippen molar-refractivity contribution in [1.82, 2.24) is 26.1 Å². The minimum Gasteiger partial charge on any atom is -0.453 e. The molecule has 244 valence electrons. The predicted molar refractivity (Wildman–Crippen MR) is 171 cm³/mol. The third-order valence-corrected chi connectivity index (χ3v) is 7.39. The first-order chi connectivity index (χ1) is 22.2. The van der Waals surface area contributed by atoms with E-state index in [1.807, 2.05) is 72.8 Å². The van der Waals surface area contributed by atoms with Gasteiger partial charge in [0.05, 0.1) is 38.2 Å². The summed E-state index contributed by atoms with van der Waals surface area (Å²) in [5.41, 5.74) is 6.65. The van der Waals surface area contributed by atoms with Crippen LogP contribution in [0, 0.1) is 0 Å². The lowest BCUT2D eigenvalue weighted by Crippen LogP contribution is -2.56. The fourth-order valence-electron chi connectivity index (χ4n) is 4.94. The molecule has 1 aromatic heterocycles. The van der Waals surface area contributed by atoms with E-state index in [1.54, 1.807) is 13.1 Å². The zero-order chi connectivity index (χ0) is 32.9. The van der Waals surface area contributed by atoms with Crippen molar-refractivity contribution in [2.75, 3.05) is 26.9 Å². The highest BCUT2D eigenvalue weighted by Crippen LogP contribution is 2.18. The van der Waals surface area contributed by atoms with Gasteiger partial charge in [-0.05, 0) is 42.2 Å². The van der Waals surface area contributed by atoms with E-state index in [2.05, 4.69) is 32.4 Å². The quantitative estimate of drug-likeness (QED) is 0.155. The van der Waals surface area contributed by atoms with Gasteiger partial charge in [0.2, 0.25) is 0 Å². The first-order valence-electron chi connectivity index (χ1n) is 15.0. The Kier molecular flexibility index (Phi) is 12.6. The van der Waals surface area contributed by atoms with Crippen LogP contribution in [0.5, 0.6) is 0 Å². The number of nitrogens with zero attached hydrogens (tertiary/aromatic N) is 2. The molecule has 1 fully saturated rings. The Bertz CT molecular complexity index is 1430. The molecule has 1 saturated heterocycles. The smallest absolute Gasteiger partial charge is 0.407 e. The first-order valence-corrected chi connectivity index (χ1v) is 15.0. The average molecular weight is 632 g/mol. The second-order valence-corrected chi connectivity index (χ2v) is 11.1. The number of aliphatic hydroxyl groups is 1. The summed E-state index contributed by atoms with van der Waals surface area (Å²) in [6.45, 7) is 6.38. The summed E-state index contributed by atoms with van der Waals surface area (Å²) in [6, 6.07) is 20.9. The van der Waals surface area contributed by atoms with E-state index in [-0.39, 0.29) is 19.2 Å². The number of amides is 3. The van der Waals surface area contributed by atoms with E-state index in [0.717, 1.165) is 22.4 Å². The molecule has 4 rings (SSSR count). The Labute approximate surface area is 268 Å². The van der Waals surface area contributed by atoms with Gasteiger partial charge in [0, 0.05) is 31.3 Å². The SMILES string of the molecule is C=C(C)C(NC(=O)OC)C(=O)NN(Cc1ccc(-c2ccccn2)cc1)CC(O)C(Cc1ccccc1)NC(=O)OC1CCOC1. The van der Waals surface area contributed by atoms with Gasteiger partial charge < -0.3 is 30.0 Å². The van der Waals surface area contributed by atoms with Gasteiger partial charge in [0.15, 0.2) is 0 Å². The van der Waals surface area contributed by atoms with Crippen molar-refractivity contribution >= 4 is 18.1 Å². The maximum absolute atomic E-state index is 13.4. The molecule has 4 atom stereocenters. The fourth-order valence-corrected chi connectivity index (χ4v) is 4.94. The van der Waals surface area contributed by atoms with Crippen LogP contribution in [0.15, 0.2) is 91.1 Å². The standard InChI is InChI=1S/C34H41N5O7/c1-23(2)31(37-33(42)44-3)32(41)38-39(20-25-12-14-26(15-13-25)28-11-7-8-17-35-28)21-30(40)29(19-24-9-5-4-6-10-24)36-34(43)46-27-16-18-45-22-27/h4-15,17,27,29-31,40H,1,16,18-22H2,2-3H3,(H,36,43)(H,37,42)(H,38,41). The molecule has 46 heavy (non-hydrogen) atoms. The summed E-state index contributed by atoms with van der Waals surface area (Å²) in [5, 5.41) is 18.4. The van der Waals surface area contributed by atoms with E-state index in [9.17, 15) is 19.5 Å². The number of aromatic nitrogens is 1. The van der Waals surface area contributed by atoms with Gasteiger partial charge in [-0.25, -0.2) is 14.6 Å². The van der Waals surface area contributed by atoms with Crippen LogP contribution in [-0.4, -0.2) is 84.4 Å². The molecular weight excluding hydrogens is 590 g/mol. The van der Waals surface area contributed by atoms with Crippen LogP contribution in [0.1, 0.15) is 24.5 Å². The number of hydrogen-bond acceptors (Lipinski definition) is 9. The van der Waals surface area contributed by atoms with E-state index >= 15 is 0 Å². The third kappa shape index (κ3) is 10.4. The number of carbonyl (C=O) groups excluding carboxylic acids is 3. The molecule has 12 nitrogen and oxygen atoms in total. The molecule has 2 aromatic carbocycles. The second kappa shape index (κ2) is 17.1. The van der Waals surface area contributed by atoms with Crippen LogP contribution in [0.3, 0.4) is 0 Å². The topological polar surface area (TPSA) is 151 Å². The van der Waals surface area contributed by atoms with Crippen LogP contribution in [-0.2, 0) is 32.0 Å². The Morgan fingerprint density at radius 3 is 2.39 bits per heavy atom. The van der Waals surface area contributed by atoms with Crippen molar-refractivity contribution in [3.63, 3.8) is 0 Å². The molecule has 1 aliphatic heterocycles. The van der Waals surface area contributed by atoms with Gasteiger partial charge in [0.25, 0.3) is 5.91 Å². The number of carbonyl (C=O) groups is 3. The molecule has 0 saturated carbocycles. The summed E-state index contributed by atoms with van der Waals surface area (Å²) in [7, 11) is 1.20. The summed E-state index contributed by atoms with van der Waals surface area (Å²) in [5.74, 6) is -0.580. The van der Waals surface area contributed by atoms with Crippen molar-refractivity contribution in [3.05, 3.63) is 102 Å². The van der Waals surface area contributed by atoms with Gasteiger partial charge >= 0.3 is 12.2 Å². The van der Waals surface area contributed by atoms with E-state index < -0.39 is 36.3 Å². The summed E-state index contributed by atoms with van der Waals surface area (Å²) >= 11 is 0. The third-order valence-electron chi connectivity index (χ3n) is 7.39. The van der Waals surface area contributed by atoms with Gasteiger partial charge in [-0.1, -0.05) is 67.2 Å². The van der Waals surface area contributed by atoms with Crippen LogP contribution in [0.2, 0.25) is 0 Å². The Morgan fingerprint density at radius 1 is 1.02 bits per heavy atom. The Morgan fingerprint density at radius 2 is 1.76 bits per heavy atom. The zero-order valence-electron chi connectivity index (χ0n) is 26.1. The maximum atomic E-state index is 13.4. The maximum Gasteiger partial charge on any atom is 0.407 e. The molecule has 3 aromatic rings. The van der Waals surface area contributed by atoms with E-state index in [1.165, 1.54) is 12.1 Å². The molecule has 12 heteroatoms. The fraction of sp³-hybridized carbons (Fsp3) is 0.353. The number of aliphatic hydroxyl groups excluding tert-OH is 1. The molecule has 0 bridgehead atoms. The minimum atomic E-state index is -1.16. The number of hydrogen-bond donors (Lipinski definition) is 4. The lowest BCUT2D eigenvalue weighted by Gasteiger charge is -2.31. The van der Waals surface area contributed by atoms with Crippen molar-refractivity contribution in [3.8, 4) is 11.3 Å². The van der Waals surface area contributed by atoms with Gasteiger partial charge in [-0.15, -0.1) is 0 Å². The predicted octanol–water partition coefficient (Wildman–Crippen LogP) is 3.37. The molecule has 0 spiro atoms. The molecule has 1 aliphatic rings. The van der Waals surface area contributed by atoms with Crippen LogP contribution in [0.25, 0.3) is 11.3 Å². The molecule has 0 radical (unpaired) electrons. The summed E-state index contributed by atoms with van der Waals surface area (Å²) in [4.78, 5) is 42.6. The van der Waals surface area contributed by atoms with Crippen molar-refractivity contribution < 1.29 is 33.7 Å². The summed E-state index contributed by atoms with van der Waals surface area (Å²) < 4.78 is 15.5.